The van der Waals surface area contributed by atoms with Crippen LogP contribution in [0.4, 0.5) is 0 Å². The van der Waals surface area contributed by atoms with Gasteiger partial charge in [-0.3, -0.25) is 4.48 Å². The number of aliphatic carboxylic acids is 3. The van der Waals surface area contributed by atoms with E-state index in [0.29, 0.717) is 6.42 Å². The molecule has 216 valence electrons. The third kappa shape index (κ3) is 12.5. The van der Waals surface area contributed by atoms with E-state index in [1.165, 1.54) is 57.8 Å². The Morgan fingerprint density at radius 2 is 1.00 bits per heavy atom. The Hall–Kier alpha value is -1.89. The number of hydrogen-bond acceptors (Lipinski definition) is 4. The highest BCUT2D eigenvalue weighted by Gasteiger charge is 2.53. The molecule has 0 rings (SSSR count). The summed E-state index contributed by atoms with van der Waals surface area (Å²) >= 11 is 0. The van der Waals surface area contributed by atoms with Crippen molar-refractivity contribution in [1.29, 1.82) is 0 Å². The molecule has 3 unspecified atom stereocenters. The van der Waals surface area contributed by atoms with E-state index in [4.69, 9.17) is 0 Å². The molecule has 0 aliphatic carbocycles. The standard InChI is InChI=1S/C30H55NO6/c1-5-9-10-11-12-13-14-15-16-17-18-19-20-21-22-23-24-31(25(6-2)28(32)33,26(7-3)29(34)35)27(8-4)30(36)37/h18-19,25-27H,5-17,20-24H2,1-4H3,(H2-,32,33,34,35,36,37)/b19-18+. The molecule has 37 heavy (non-hydrogen) atoms. The number of quaternary nitrogens is 1. The van der Waals surface area contributed by atoms with Gasteiger partial charge in [0, 0.05) is 19.3 Å². The Morgan fingerprint density at radius 1 is 0.622 bits per heavy atom. The van der Waals surface area contributed by atoms with Crippen molar-refractivity contribution in [3.63, 3.8) is 0 Å². The van der Waals surface area contributed by atoms with Gasteiger partial charge in [-0.05, 0) is 38.5 Å². The molecule has 7 nitrogen and oxygen atoms in total. The molecule has 0 amide bonds. The van der Waals surface area contributed by atoms with Gasteiger partial charge in [0.2, 0.25) is 0 Å². The number of carbonyl (C=O) groups is 3. The first-order valence-electron chi connectivity index (χ1n) is 14.9. The maximum absolute atomic E-state index is 12.2. The number of carboxylic acid groups (broad SMARTS) is 3. The second-order valence-corrected chi connectivity index (χ2v) is 10.4. The largest absolute Gasteiger partial charge is 0.544 e. The van der Waals surface area contributed by atoms with Crippen LogP contribution in [0.1, 0.15) is 137 Å². The second kappa shape index (κ2) is 21.1. The topological polar surface area (TPSA) is 115 Å². The van der Waals surface area contributed by atoms with Gasteiger partial charge in [-0.15, -0.1) is 0 Å². The Kier molecular flexibility index (Phi) is 20.0. The highest BCUT2D eigenvalue weighted by molar-refractivity contribution is 5.77. The number of rotatable bonds is 25. The normalized spacial score (nSPS) is 15.8. The van der Waals surface area contributed by atoms with E-state index in [-0.39, 0.29) is 25.8 Å². The Balaban J connectivity index is 4.83. The van der Waals surface area contributed by atoms with Gasteiger partial charge >= 0.3 is 11.9 Å². The number of allylic oxidation sites excluding steroid dienone is 2. The fourth-order valence-electron chi connectivity index (χ4n) is 5.90. The summed E-state index contributed by atoms with van der Waals surface area (Å²) in [5, 5.41) is 32.0. The van der Waals surface area contributed by atoms with Gasteiger partial charge in [0.1, 0.15) is 6.04 Å². The van der Waals surface area contributed by atoms with Crippen molar-refractivity contribution in [3.05, 3.63) is 12.2 Å². The summed E-state index contributed by atoms with van der Waals surface area (Å²) < 4.78 is -0.481. The van der Waals surface area contributed by atoms with Crippen LogP contribution in [0.25, 0.3) is 0 Å². The molecule has 0 aliphatic heterocycles. The van der Waals surface area contributed by atoms with Crippen molar-refractivity contribution in [1.82, 2.24) is 0 Å². The maximum Gasteiger partial charge on any atom is 0.362 e. The maximum atomic E-state index is 12.2. The molecule has 0 heterocycles. The number of carboxylic acids is 3. The van der Waals surface area contributed by atoms with Gasteiger partial charge in [0.15, 0.2) is 12.1 Å². The Labute approximate surface area is 225 Å². The molecule has 2 N–H and O–H groups in total. The Bertz CT molecular complexity index is 607. The van der Waals surface area contributed by atoms with Crippen LogP contribution in [0.5, 0.6) is 0 Å². The predicted molar refractivity (Wildman–Crippen MR) is 147 cm³/mol. The van der Waals surface area contributed by atoms with Crippen molar-refractivity contribution in [3.8, 4) is 0 Å². The number of unbranched alkanes of at least 4 members (excludes halogenated alkanes) is 12. The van der Waals surface area contributed by atoms with Crippen LogP contribution in [0.2, 0.25) is 0 Å². The lowest BCUT2D eigenvalue weighted by molar-refractivity contribution is -0.974. The lowest BCUT2D eigenvalue weighted by Crippen LogP contribution is -2.73. The van der Waals surface area contributed by atoms with E-state index in [2.05, 4.69) is 19.1 Å². The smallest absolute Gasteiger partial charge is 0.362 e. The molecule has 0 fully saturated rings. The van der Waals surface area contributed by atoms with Gasteiger partial charge < -0.3 is 20.1 Å². The molecule has 0 aromatic rings. The van der Waals surface area contributed by atoms with Crippen LogP contribution in [-0.4, -0.2) is 57.3 Å². The summed E-state index contributed by atoms with van der Waals surface area (Å²) in [6, 6.07) is -3.40. The Morgan fingerprint density at radius 3 is 1.35 bits per heavy atom. The molecule has 7 heteroatoms. The molecule has 0 spiro atoms. The van der Waals surface area contributed by atoms with E-state index in [1.54, 1.807) is 20.8 Å². The molecule has 0 aromatic carbocycles. The first kappa shape index (κ1) is 35.1. The zero-order valence-electron chi connectivity index (χ0n) is 24.1. The minimum Gasteiger partial charge on any atom is -0.544 e. The van der Waals surface area contributed by atoms with E-state index in [0.717, 1.165) is 25.7 Å². The van der Waals surface area contributed by atoms with Gasteiger partial charge in [-0.1, -0.05) is 91.2 Å². The minimum absolute atomic E-state index is 0.123. The average Bonchev–Trinajstić information content (AvgIpc) is 2.84. The first-order valence-corrected chi connectivity index (χ1v) is 14.9. The van der Waals surface area contributed by atoms with Gasteiger partial charge in [0.25, 0.3) is 0 Å². The van der Waals surface area contributed by atoms with Crippen LogP contribution in [0.15, 0.2) is 12.2 Å². The minimum atomic E-state index is -1.37. The van der Waals surface area contributed by atoms with Crippen LogP contribution in [-0.2, 0) is 14.4 Å². The SMILES string of the molecule is CCCCCCCCCCC/C=C/CCCCC[N+](C(CC)C(=O)[O-])(C(CC)C(=O)O)C(CC)C(=O)O. The third-order valence-corrected chi connectivity index (χ3v) is 7.80. The molecule has 0 radical (unpaired) electrons. The number of nitrogens with zero attached hydrogens (tertiary/aromatic N) is 1. The monoisotopic (exact) mass is 525 g/mol. The van der Waals surface area contributed by atoms with Crippen LogP contribution < -0.4 is 5.11 Å². The lowest BCUT2D eigenvalue weighted by Gasteiger charge is -2.51. The van der Waals surface area contributed by atoms with Crippen LogP contribution >= 0.6 is 0 Å². The fraction of sp³-hybridized carbons (Fsp3) is 0.833. The molecule has 0 saturated carbocycles. The molecule has 0 aromatic heterocycles. The quantitative estimate of drug-likeness (QED) is 0.0846. The number of carbonyl (C=O) groups excluding carboxylic acids is 1. The third-order valence-electron chi connectivity index (χ3n) is 7.80. The molecular weight excluding hydrogens is 470 g/mol. The van der Waals surface area contributed by atoms with Crippen molar-refractivity contribution < 1.29 is 34.2 Å². The van der Waals surface area contributed by atoms with E-state index >= 15 is 0 Å². The zero-order valence-corrected chi connectivity index (χ0v) is 24.1. The van der Waals surface area contributed by atoms with Crippen molar-refractivity contribution in [2.24, 2.45) is 0 Å². The first-order chi connectivity index (χ1) is 17.7. The lowest BCUT2D eigenvalue weighted by atomic mass is 9.94. The summed E-state index contributed by atoms with van der Waals surface area (Å²) in [4.78, 5) is 36.5. The summed E-state index contributed by atoms with van der Waals surface area (Å²) in [5.74, 6) is -3.68. The fourth-order valence-corrected chi connectivity index (χ4v) is 5.90. The van der Waals surface area contributed by atoms with Gasteiger partial charge in [-0.2, -0.15) is 0 Å². The van der Waals surface area contributed by atoms with Crippen molar-refractivity contribution in [2.45, 2.75) is 155 Å². The molecule has 0 bridgehead atoms. The predicted octanol–water partition coefficient (Wildman–Crippen LogP) is 6.10. The van der Waals surface area contributed by atoms with Crippen molar-refractivity contribution in [2.75, 3.05) is 6.54 Å². The highest BCUT2D eigenvalue weighted by Crippen LogP contribution is 2.32. The number of hydrogen-bond donors (Lipinski definition) is 2. The zero-order chi connectivity index (χ0) is 28.1. The van der Waals surface area contributed by atoms with E-state index in [9.17, 15) is 29.7 Å². The summed E-state index contributed by atoms with van der Waals surface area (Å²) in [6.45, 7) is 7.47. The van der Waals surface area contributed by atoms with Crippen LogP contribution in [0.3, 0.4) is 0 Å². The molecule has 0 saturated heterocycles. The molecule has 3 atom stereocenters. The van der Waals surface area contributed by atoms with Gasteiger partial charge in [0.05, 0.1) is 12.5 Å². The average molecular weight is 526 g/mol. The van der Waals surface area contributed by atoms with Crippen molar-refractivity contribution >= 4 is 17.9 Å². The van der Waals surface area contributed by atoms with Crippen LogP contribution in [0, 0.1) is 0 Å². The van der Waals surface area contributed by atoms with E-state index in [1.807, 2.05) is 0 Å². The summed E-state index contributed by atoms with van der Waals surface area (Å²) in [6.07, 6.45) is 21.0. The summed E-state index contributed by atoms with van der Waals surface area (Å²) in [5.41, 5.74) is 0. The molecular formula is C30H55NO6. The van der Waals surface area contributed by atoms with E-state index < -0.39 is 40.5 Å². The molecule has 0 aliphatic rings. The summed E-state index contributed by atoms with van der Waals surface area (Å²) in [7, 11) is 0. The second-order valence-electron chi connectivity index (χ2n) is 10.4. The highest BCUT2D eigenvalue weighted by atomic mass is 16.4. The van der Waals surface area contributed by atoms with Gasteiger partial charge in [-0.25, -0.2) is 9.59 Å².